The monoisotopic (exact) mass is 356 g/mol. The van der Waals surface area contributed by atoms with Gasteiger partial charge in [-0.3, -0.25) is 4.79 Å². The highest BCUT2D eigenvalue weighted by Gasteiger charge is 2.13. The van der Waals surface area contributed by atoms with Crippen LogP contribution in [-0.2, 0) is 16.0 Å². The van der Waals surface area contributed by atoms with Crippen molar-refractivity contribution >= 4 is 34.9 Å². The smallest absolute Gasteiger partial charge is 0.340 e. The number of hydrogen-bond acceptors (Lipinski definition) is 4. The van der Waals surface area contributed by atoms with Gasteiger partial charge in [0.05, 0.1) is 17.9 Å². The van der Waals surface area contributed by atoms with E-state index in [1.807, 2.05) is 30.3 Å². The van der Waals surface area contributed by atoms with Crippen molar-refractivity contribution in [3.05, 3.63) is 65.7 Å². The number of anilines is 1. The largest absolute Gasteiger partial charge is 0.462 e. The average molecular weight is 356 g/mol. The molecule has 0 spiro atoms. The van der Waals surface area contributed by atoms with Crippen molar-refractivity contribution in [3.8, 4) is 0 Å². The van der Waals surface area contributed by atoms with Gasteiger partial charge in [-0.15, -0.1) is 0 Å². The molecule has 1 amide bonds. The number of hydrogen-bond donors (Lipinski definition) is 2. The van der Waals surface area contributed by atoms with Gasteiger partial charge in [0.1, 0.15) is 0 Å². The summed E-state index contributed by atoms with van der Waals surface area (Å²) in [4.78, 5) is 23.9. The molecule has 5 nitrogen and oxygen atoms in total. The summed E-state index contributed by atoms with van der Waals surface area (Å²) in [6, 6.07) is 16.6. The molecule has 130 valence electrons. The number of rotatable bonds is 6. The fraction of sp³-hybridized carbons (Fsp3) is 0.211. The summed E-state index contributed by atoms with van der Waals surface area (Å²) in [6.45, 7) is 2.03. The number of benzene rings is 2. The van der Waals surface area contributed by atoms with Gasteiger partial charge in [-0.25, -0.2) is 4.79 Å². The Kier molecular flexibility index (Phi) is 7.10. The fourth-order valence-electron chi connectivity index (χ4n) is 2.22. The molecule has 0 heterocycles. The summed E-state index contributed by atoms with van der Waals surface area (Å²) in [7, 11) is 0. The molecule has 0 atom stereocenters. The first kappa shape index (κ1) is 18.6. The van der Waals surface area contributed by atoms with Crippen LogP contribution < -0.4 is 10.6 Å². The maximum absolute atomic E-state index is 12.0. The van der Waals surface area contributed by atoms with Crippen molar-refractivity contribution in [1.82, 2.24) is 5.32 Å². The van der Waals surface area contributed by atoms with Crippen LogP contribution in [0.4, 0.5) is 5.69 Å². The summed E-state index contributed by atoms with van der Waals surface area (Å²) in [5.74, 6) is -0.626. The molecule has 0 aromatic heterocycles. The van der Waals surface area contributed by atoms with Crippen LogP contribution in [0.2, 0.25) is 0 Å². The Morgan fingerprint density at radius 3 is 2.44 bits per heavy atom. The Morgan fingerprint density at radius 2 is 1.72 bits per heavy atom. The van der Waals surface area contributed by atoms with Crippen LogP contribution in [0.3, 0.4) is 0 Å². The van der Waals surface area contributed by atoms with Gasteiger partial charge in [-0.1, -0.05) is 42.5 Å². The van der Waals surface area contributed by atoms with Gasteiger partial charge in [0.15, 0.2) is 5.11 Å². The molecule has 0 bridgehead atoms. The summed E-state index contributed by atoms with van der Waals surface area (Å²) in [5.41, 5.74) is 1.95. The Labute approximate surface area is 152 Å². The van der Waals surface area contributed by atoms with Gasteiger partial charge in [0.25, 0.3) is 0 Å². The zero-order chi connectivity index (χ0) is 18.1. The quantitative estimate of drug-likeness (QED) is 0.614. The third kappa shape index (κ3) is 6.00. The van der Waals surface area contributed by atoms with Gasteiger partial charge < -0.3 is 15.4 Å². The molecule has 2 rings (SSSR count). The summed E-state index contributed by atoms with van der Waals surface area (Å²) in [5, 5.41) is 5.65. The molecule has 0 radical (unpaired) electrons. The maximum Gasteiger partial charge on any atom is 0.340 e. The zero-order valence-electron chi connectivity index (χ0n) is 14.0. The predicted molar refractivity (Wildman–Crippen MR) is 102 cm³/mol. The number of esters is 1. The second kappa shape index (κ2) is 9.54. The number of nitrogens with one attached hydrogen (secondary N) is 2. The van der Waals surface area contributed by atoms with E-state index in [9.17, 15) is 9.59 Å². The van der Waals surface area contributed by atoms with Gasteiger partial charge in [0.2, 0.25) is 5.91 Å². The van der Waals surface area contributed by atoms with E-state index in [1.165, 1.54) is 0 Å². The highest BCUT2D eigenvalue weighted by molar-refractivity contribution is 7.80. The minimum atomic E-state index is -0.441. The Morgan fingerprint density at radius 1 is 1.04 bits per heavy atom. The van der Waals surface area contributed by atoms with Gasteiger partial charge in [0, 0.05) is 6.42 Å². The van der Waals surface area contributed by atoms with Crippen LogP contribution in [-0.4, -0.2) is 23.6 Å². The lowest BCUT2D eigenvalue weighted by Crippen LogP contribution is -2.34. The predicted octanol–water partition coefficient (Wildman–Crippen LogP) is 3.31. The number of aryl methyl sites for hydroxylation is 1. The number of para-hydroxylation sites is 1. The lowest BCUT2D eigenvalue weighted by molar-refractivity contribution is -0.119. The molecule has 0 unspecified atom stereocenters. The van der Waals surface area contributed by atoms with Crippen LogP contribution in [0.1, 0.15) is 29.3 Å². The van der Waals surface area contributed by atoms with Gasteiger partial charge >= 0.3 is 5.97 Å². The van der Waals surface area contributed by atoms with Crippen molar-refractivity contribution in [3.63, 3.8) is 0 Å². The van der Waals surface area contributed by atoms with E-state index in [-0.39, 0.29) is 17.6 Å². The lowest BCUT2D eigenvalue weighted by atomic mass is 10.1. The highest BCUT2D eigenvalue weighted by atomic mass is 32.1. The SMILES string of the molecule is CCOC(=O)c1ccccc1NC(=S)NC(=O)CCc1ccccc1. The van der Waals surface area contributed by atoms with Crippen molar-refractivity contribution in [2.75, 3.05) is 11.9 Å². The topological polar surface area (TPSA) is 67.4 Å². The number of amides is 1. The van der Waals surface area contributed by atoms with E-state index >= 15 is 0 Å². The van der Waals surface area contributed by atoms with Crippen LogP contribution in [0, 0.1) is 0 Å². The van der Waals surface area contributed by atoms with E-state index in [1.54, 1.807) is 31.2 Å². The molecular weight excluding hydrogens is 336 g/mol. The van der Waals surface area contributed by atoms with Gasteiger partial charge in [-0.05, 0) is 43.3 Å². The van der Waals surface area contributed by atoms with E-state index in [2.05, 4.69) is 10.6 Å². The zero-order valence-corrected chi connectivity index (χ0v) is 14.8. The Balaban J connectivity index is 1.89. The second-order valence-electron chi connectivity index (χ2n) is 5.25. The van der Waals surface area contributed by atoms with Gasteiger partial charge in [-0.2, -0.15) is 0 Å². The first-order chi connectivity index (χ1) is 12.1. The molecule has 0 saturated heterocycles. The molecule has 6 heteroatoms. The number of carbonyl (C=O) groups excluding carboxylic acids is 2. The molecule has 0 aliphatic heterocycles. The van der Waals surface area contributed by atoms with Crippen molar-refractivity contribution in [2.24, 2.45) is 0 Å². The summed E-state index contributed by atoms with van der Waals surface area (Å²) >= 11 is 5.16. The third-order valence-corrected chi connectivity index (χ3v) is 3.61. The number of thiocarbonyl (C=S) groups is 1. The highest BCUT2D eigenvalue weighted by Crippen LogP contribution is 2.16. The van der Waals surface area contributed by atoms with E-state index in [0.29, 0.717) is 24.1 Å². The number of carbonyl (C=O) groups is 2. The van der Waals surface area contributed by atoms with Crippen LogP contribution >= 0.6 is 12.2 Å². The summed E-state index contributed by atoms with van der Waals surface area (Å²) in [6.07, 6.45) is 0.958. The molecule has 0 saturated carbocycles. The van der Waals surface area contributed by atoms with Crippen molar-refractivity contribution in [1.29, 1.82) is 0 Å². The molecule has 2 aromatic rings. The molecule has 0 fully saturated rings. The van der Waals surface area contributed by atoms with Crippen molar-refractivity contribution < 1.29 is 14.3 Å². The van der Waals surface area contributed by atoms with E-state index < -0.39 is 5.97 Å². The molecular formula is C19H20N2O3S. The molecule has 2 aromatic carbocycles. The van der Waals surface area contributed by atoms with E-state index in [4.69, 9.17) is 17.0 Å². The standard InChI is InChI=1S/C19H20N2O3S/c1-2-24-18(23)15-10-6-7-11-16(15)20-19(25)21-17(22)13-12-14-8-4-3-5-9-14/h3-11H,2,12-13H2,1H3,(H2,20,21,22,25). The first-order valence-electron chi connectivity index (χ1n) is 8.01. The minimum Gasteiger partial charge on any atom is -0.462 e. The number of ether oxygens (including phenoxy) is 1. The fourth-order valence-corrected chi connectivity index (χ4v) is 2.45. The molecule has 0 aliphatic rings. The lowest BCUT2D eigenvalue weighted by Gasteiger charge is -2.12. The second-order valence-corrected chi connectivity index (χ2v) is 5.66. The third-order valence-electron chi connectivity index (χ3n) is 3.41. The van der Waals surface area contributed by atoms with Crippen LogP contribution in [0.25, 0.3) is 0 Å². The van der Waals surface area contributed by atoms with Crippen LogP contribution in [0.15, 0.2) is 54.6 Å². The maximum atomic E-state index is 12.0. The first-order valence-corrected chi connectivity index (χ1v) is 8.42. The minimum absolute atomic E-state index is 0.148. The summed E-state index contributed by atoms with van der Waals surface area (Å²) < 4.78 is 5.01. The average Bonchev–Trinajstić information content (AvgIpc) is 2.61. The molecule has 0 aliphatic carbocycles. The molecule has 2 N–H and O–H groups in total. The molecule has 25 heavy (non-hydrogen) atoms. The van der Waals surface area contributed by atoms with E-state index in [0.717, 1.165) is 5.56 Å². The van der Waals surface area contributed by atoms with Crippen molar-refractivity contribution in [2.45, 2.75) is 19.8 Å². The van der Waals surface area contributed by atoms with Crippen LogP contribution in [0.5, 0.6) is 0 Å². The normalized spacial score (nSPS) is 9.96. The Bertz CT molecular complexity index is 747. The Hall–Kier alpha value is -2.73.